The van der Waals surface area contributed by atoms with Crippen LogP contribution in [0.5, 0.6) is 0 Å². The highest BCUT2D eigenvalue weighted by Crippen LogP contribution is 2.20. The zero-order valence-corrected chi connectivity index (χ0v) is 9.02. The summed E-state index contributed by atoms with van der Waals surface area (Å²) in [7, 11) is 1.68. The molecular formula is C11H17N3O. The van der Waals surface area contributed by atoms with Crippen molar-refractivity contribution >= 4 is 11.4 Å². The Balaban J connectivity index is 2.78. The first kappa shape index (κ1) is 11.5. The minimum Gasteiger partial charge on any atom is -0.396 e. The average molecular weight is 207 g/mol. The van der Waals surface area contributed by atoms with E-state index < -0.39 is 0 Å². The molecule has 0 aromatic carbocycles. The Labute approximate surface area is 90.4 Å². The third kappa shape index (κ3) is 3.25. The van der Waals surface area contributed by atoms with Crippen molar-refractivity contribution in [3.63, 3.8) is 0 Å². The van der Waals surface area contributed by atoms with E-state index in [-0.39, 0.29) is 0 Å². The van der Waals surface area contributed by atoms with Gasteiger partial charge in [0.25, 0.3) is 0 Å². The quantitative estimate of drug-likeness (QED) is 0.714. The van der Waals surface area contributed by atoms with E-state index in [0.717, 1.165) is 18.8 Å². The average Bonchev–Trinajstić information content (AvgIpc) is 2.25. The zero-order valence-electron chi connectivity index (χ0n) is 9.02. The van der Waals surface area contributed by atoms with Gasteiger partial charge in [-0.2, -0.15) is 0 Å². The smallest absolute Gasteiger partial charge is 0.0738 e. The first-order chi connectivity index (χ1) is 7.29. The van der Waals surface area contributed by atoms with E-state index in [9.17, 15) is 0 Å². The van der Waals surface area contributed by atoms with Gasteiger partial charge >= 0.3 is 0 Å². The summed E-state index contributed by atoms with van der Waals surface area (Å²) in [6.45, 7) is 5.92. The van der Waals surface area contributed by atoms with Crippen LogP contribution in [-0.4, -0.2) is 31.8 Å². The number of pyridine rings is 1. The maximum Gasteiger partial charge on any atom is 0.0738 e. The van der Waals surface area contributed by atoms with Crippen LogP contribution in [0.25, 0.3) is 0 Å². The molecule has 0 saturated carbocycles. The molecule has 82 valence electrons. The molecule has 0 aliphatic carbocycles. The summed E-state index contributed by atoms with van der Waals surface area (Å²) in [6.07, 6.45) is 5.22. The van der Waals surface area contributed by atoms with Crippen LogP contribution in [0.3, 0.4) is 0 Å². The summed E-state index contributed by atoms with van der Waals surface area (Å²) in [4.78, 5) is 6.06. The molecule has 1 rings (SSSR count). The Hall–Kier alpha value is -1.55. The van der Waals surface area contributed by atoms with Gasteiger partial charge in [0.1, 0.15) is 0 Å². The highest BCUT2D eigenvalue weighted by Gasteiger charge is 2.07. The summed E-state index contributed by atoms with van der Waals surface area (Å²) in [5.41, 5.74) is 7.49. The summed E-state index contributed by atoms with van der Waals surface area (Å²) < 4.78 is 5.05. The van der Waals surface area contributed by atoms with Crippen molar-refractivity contribution in [2.75, 3.05) is 37.4 Å². The van der Waals surface area contributed by atoms with Crippen molar-refractivity contribution in [2.45, 2.75) is 0 Å². The molecule has 4 nitrogen and oxygen atoms in total. The van der Waals surface area contributed by atoms with Gasteiger partial charge in [0.05, 0.1) is 24.2 Å². The van der Waals surface area contributed by atoms with Gasteiger partial charge in [-0.05, 0) is 6.07 Å². The number of nitrogens with two attached hydrogens (primary N) is 1. The molecule has 4 heteroatoms. The lowest BCUT2D eigenvalue weighted by atomic mass is 10.3. The van der Waals surface area contributed by atoms with Gasteiger partial charge in [0.2, 0.25) is 0 Å². The molecule has 1 aromatic heterocycles. The predicted octanol–water partition coefficient (Wildman–Crippen LogP) is 1.30. The van der Waals surface area contributed by atoms with E-state index in [4.69, 9.17) is 10.5 Å². The Morgan fingerprint density at radius 1 is 1.67 bits per heavy atom. The highest BCUT2D eigenvalue weighted by molar-refractivity contribution is 5.66. The number of hydrogen-bond donors (Lipinski definition) is 1. The number of nitrogen functional groups attached to an aromatic ring is 1. The number of hydrogen-bond acceptors (Lipinski definition) is 4. The number of nitrogens with zero attached hydrogens (tertiary/aromatic N) is 2. The van der Waals surface area contributed by atoms with Gasteiger partial charge in [-0.1, -0.05) is 6.08 Å². The Morgan fingerprint density at radius 3 is 3.07 bits per heavy atom. The van der Waals surface area contributed by atoms with Crippen LogP contribution >= 0.6 is 0 Å². The summed E-state index contributed by atoms with van der Waals surface area (Å²) >= 11 is 0. The Kier molecular flexibility index (Phi) is 4.63. The molecule has 0 aliphatic rings. The molecule has 15 heavy (non-hydrogen) atoms. The molecule has 1 aromatic rings. The van der Waals surface area contributed by atoms with Crippen LogP contribution in [0.4, 0.5) is 11.4 Å². The maximum atomic E-state index is 5.84. The molecule has 0 saturated heterocycles. The van der Waals surface area contributed by atoms with Crippen LogP contribution in [0, 0.1) is 0 Å². The van der Waals surface area contributed by atoms with Gasteiger partial charge in [-0.15, -0.1) is 6.58 Å². The van der Waals surface area contributed by atoms with E-state index in [1.807, 2.05) is 12.1 Å². The van der Waals surface area contributed by atoms with Crippen LogP contribution in [0.2, 0.25) is 0 Å². The molecule has 0 spiro atoms. The topological polar surface area (TPSA) is 51.4 Å². The molecule has 0 bridgehead atoms. The monoisotopic (exact) mass is 207 g/mol. The van der Waals surface area contributed by atoms with E-state index in [1.54, 1.807) is 19.5 Å². The number of ether oxygens (including phenoxy) is 1. The SMILES string of the molecule is C=CCN(CCOC)c1ccncc1N. The van der Waals surface area contributed by atoms with Crippen LogP contribution in [0.1, 0.15) is 0 Å². The fourth-order valence-electron chi connectivity index (χ4n) is 1.35. The molecule has 0 radical (unpaired) electrons. The first-order valence-corrected chi connectivity index (χ1v) is 4.84. The number of anilines is 2. The van der Waals surface area contributed by atoms with Crippen molar-refractivity contribution in [3.05, 3.63) is 31.1 Å². The third-order valence-corrected chi connectivity index (χ3v) is 2.08. The van der Waals surface area contributed by atoms with Gasteiger partial charge < -0.3 is 15.4 Å². The van der Waals surface area contributed by atoms with Crippen molar-refractivity contribution in [2.24, 2.45) is 0 Å². The molecule has 0 unspecified atom stereocenters. The zero-order chi connectivity index (χ0) is 11.1. The lowest BCUT2D eigenvalue weighted by Crippen LogP contribution is -2.28. The second kappa shape index (κ2) is 6.03. The normalized spacial score (nSPS) is 9.93. The van der Waals surface area contributed by atoms with Crippen LogP contribution < -0.4 is 10.6 Å². The highest BCUT2D eigenvalue weighted by atomic mass is 16.5. The number of methoxy groups -OCH3 is 1. The fourth-order valence-corrected chi connectivity index (χ4v) is 1.35. The standard InChI is InChI=1S/C11H17N3O/c1-3-6-14(7-8-15-2)11-4-5-13-9-10(11)12/h3-5,9H,1,6-8,12H2,2H3. The molecule has 0 fully saturated rings. The first-order valence-electron chi connectivity index (χ1n) is 4.84. The van der Waals surface area contributed by atoms with Gasteiger partial charge in [0.15, 0.2) is 0 Å². The number of rotatable bonds is 6. The fraction of sp³-hybridized carbons (Fsp3) is 0.364. The van der Waals surface area contributed by atoms with Crippen molar-refractivity contribution in [1.82, 2.24) is 4.98 Å². The summed E-state index contributed by atoms with van der Waals surface area (Å²) in [5.74, 6) is 0. The predicted molar refractivity (Wildman–Crippen MR) is 62.9 cm³/mol. The Morgan fingerprint density at radius 2 is 2.47 bits per heavy atom. The summed E-state index contributed by atoms with van der Waals surface area (Å²) in [6, 6.07) is 1.90. The van der Waals surface area contributed by atoms with Crippen LogP contribution in [-0.2, 0) is 4.74 Å². The molecule has 0 amide bonds. The summed E-state index contributed by atoms with van der Waals surface area (Å²) in [5, 5.41) is 0. The van der Waals surface area contributed by atoms with E-state index in [2.05, 4.69) is 16.5 Å². The largest absolute Gasteiger partial charge is 0.396 e. The van der Waals surface area contributed by atoms with Gasteiger partial charge in [0, 0.05) is 26.4 Å². The lowest BCUT2D eigenvalue weighted by molar-refractivity contribution is 0.206. The van der Waals surface area contributed by atoms with Crippen molar-refractivity contribution in [3.8, 4) is 0 Å². The van der Waals surface area contributed by atoms with Gasteiger partial charge in [-0.3, -0.25) is 4.98 Å². The molecule has 0 aliphatic heterocycles. The number of aromatic nitrogens is 1. The maximum absolute atomic E-state index is 5.84. The Bertz CT molecular complexity index is 314. The molecule has 2 N–H and O–H groups in total. The minimum absolute atomic E-state index is 0.662. The van der Waals surface area contributed by atoms with Gasteiger partial charge in [-0.25, -0.2) is 0 Å². The molecule has 1 heterocycles. The minimum atomic E-state index is 0.662. The van der Waals surface area contributed by atoms with Crippen molar-refractivity contribution < 1.29 is 4.74 Å². The van der Waals surface area contributed by atoms with Crippen LogP contribution in [0.15, 0.2) is 31.1 Å². The van der Waals surface area contributed by atoms with Crippen molar-refractivity contribution in [1.29, 1.82) is 0 Å². The second-order valence-electron chi connectivity index (χ2n) is 3.16. The lowest BCUT2D eigenvalue weighted by Gasteiger charge is -2.23. The third-order valence-electron chi connectivity index (χ3n) is 2.08. The van der Waals surface area contributed by atoms with E-state index >= 15 is 0 Å². The second-order valence-corrected chi connectivity index (χ2v) is 3.16. The van der Waals surface area contributed by atoms with E-state index in [1.165, 1.54) is 0 Å². The molecule has 0 atom stereocenters. The molecular weight excluding hydrogens is 190 g/mol. The van der Waals surface area contributed by atoms with E-state index in [0.29, 0.717) is 12.3 Å².